The molecule has 0 radical (unpaired) electrons. The van der Waals surface area contributed by atoms with Gasteiger partial charge in [-0.3, -0.25) is 14.5 Å². The van der Waals surface area contributed by atoms with E-state index in [4.69, 9.17) is 16.3 Å². The van der Waals surface area contributed by atoms with Crippen LogP contribution in [0.4, 0.5) is 10.1 Å². The minimum Gasteiger partial charge on any atom is -0.381 e. The Bertz CT molecular complexity index is 1630. The SMILES string of the molecule is O=C(N[C@H](c1nccc(NS(=O)(=O)C2CC2)c1F)[C@H]1CCOC1)c1ncc(-c2cnn3ccc(Cl)cc23)s1. The highest BCUT2D eigenvalue weighted by Crippen LogP contribution is 2.35. The molecule has 10 nitrogen and oxygen atoms in total. The van der Waals surface area contributed by atoms with Crippen molar-refractivity contribution in [3.05, 3.63) is 64.5 Å². The van der Waals surface area contributed by atoms with E-state index in [1.807, 2.05) is 0 Å². The van der Waals surface area contributed by atoms with E-state index in [9.17, 15) is 13.2 Å². The number of nitrogens with one attached hydrogen (secondary N) is 2. The van der Waals surface area contributed by atoms with Crippen LogP contribution in [0.25, 0.3) is 16.0 Å². The van der Waals surface area contributed by atoms with Crippen LogP contribution in [0.1, 0.15) is 40.8 Å². The van der Waals surface area contributed by atoms with Gasteiger partial charge in [-0.1, -0.05) is 11.6 Å². The highest BCUT2D eigenvalue weighted by atomic mass is 35.5. The quantitative estimate of drug-likeness (QED) is 0.324. The largest absolute Gasteiger partial charge is 0.381 e. The third kappa shape index (κ3) is 4.86. The van der Waals surface area contributed by atoms with Gasteiger partial charge in [0.2, 0.25) is 10.0 Å². The van der Waals surface area contributed by atoms with Crippen molar-refractivity contribution < 1.29 is 22.3 Å². The monoisotopic (exact) mass is 576 g/mol. The number of pyridine rings is 2. The number of hydrogen-bond acceptors (Lipinski definition) is 8. The number of anilines is 1. The van der Waals surface area contributed by atoms with E-state index in [0.29, 0.717) is 42.4 Å². The molecule has 0 bridgehead atoms. The predicted molar refractivity (Wildman–Crippen MR) is 140 cm³/mol. The highest BCUT2D eigenvalue weighted by molar-refractivity contribution is 7.93. The van der Waals surface area contributed by atoms with Crippen LogP contribution < -0.4 is 10.0 Å². The van der Waals surface area contributed by atoms with Gasteiger partial charge >= 0.3 is 0 Å². The van der Waals surface area contributed by atoms with E-state index in [0.717, 1.165) is 11.1 Å². The van der Waals surface area contributed by atoms with Crippen molar-refractivity contribution in [2.45, 2.75) is 30.6 Å². The minimum absolute atomic E-state index is 0.0566. The zero-order valence-corrected chi connectivity index (χ0v) is 22.2. The molecule has 38 heavy (non-hydrogen) atoms. The number of carbonyl (C=O) groups excluding carboxylic acids is 1. The molecule has 0 spiro atoms. The summed E-state index contributed by atoms with van der Waals surface area (Å²) in [5.74, 6) is -1.58. The fourth-order valence-electron chi connectivity index (χ4n) is 4.45. The van der Waals surface area contributed by atoms with Gasteiger partial charge in [-0.2, -0.15) is 5.10 Å². The van der Waals surface area contributed by atoms with E-state index in [1.54, 1.807) is 35.2 Å². The van der Waals surface area contributed by atoms with Crippen LogP contribution >= 0.6 is 22.9 Å². The van der Waals surface area contributed by atoms with E-state index in [-0.39, 0.29) is 22.3 Å². The average molecular weight is 577 g/mol. The Labute approximate surface area is 226 Å². The summed E-state index contributed by atoms with van der Waals surface area (Å²) in [4.78, 5) is 22.5. The lowest BCUT2D eigenvalue weighted by atomic mass is 9.95. The van der Waals surface area contributed by atoms with Crippen molar-refractivity contribution in [1.82, 2.24) is 24.9 Å². The molecule has 2 fully saturated rings. The number of rotatable bonds is 8. The summed E-state index contributed by atoms with van der Waals surface area (Å²) < 4.78 is 49.9. The molecule has 1 aliphatic heterocycles. The number of thiazole rings is 1. The van der Waals surface area contributed by atoms with Gasteiger partial charge in [0.05, 0.1) is 40.2 Å². The van der Waals surface area contributed by atoms with Crippen LogP contribution in [0.15, 0.2) is 43.0 Å². The number of carbonyl (C=O) groups is 1. The molecule has 198 valence electrons. The topological polar surface area (TPSA) is 128 Å². The molecule has 14 heteroatoms. The van der Waals surface area contributed by atoms with Crippen molar-refractivity contribution in [1.29, 1.82) is 0 Å². The standard InChI is InChI=1S/C24H22ClFN6O4S2/c25-14-4-7-32-18(9-14)16(10-29-32)19-11-28-24(37-19)23(33)30-21(13-5-8-36-12-13)22-20(26)17(3-6-27-22)31-38(34,35)15-1-2-15/h3-4,6-7,9-11,13,15,21H,1-2,5,8,12H2,(H,27,31)(H,30,33)/t13-,21-/m0/s1. The Hall–Kier alpha value is -3.13. The number of sulfonamides is 1. The van der Waals surface area contributed by atoms with Gasteiger partial charge in [0.15, 0.2) is 10.8 Å². The fourth-order valence-corrected chi connectivity index (χ4v) is 6.83. The number of ether oxygens (including phenoxy) is 1. The van der Waals surface area contributed by atoms with Gasteiger partial charge in [-0.15, -0.1) is 11.3 Å². The maximum Gasteiger partial charge on any atom is 0.280 e. The first-order valence-electron chi connectivity index (χ1n) is 11.9. The minimum atomic E-state index is -3.68. The van der Waals surface area contributed by atoms with Crippen molar-refractivity contribution >= 4 is 50.1 Å². The molecule has 0 aromatic carbocycles. The second-order valence-corrected chi connectivity index (χ2v) is 12.7. The summed E-state index contributed by atoms with van der Waals surface area (Å²) in [6, 6.07) is 3.93. The van der Waals surface area contributed by atoms with Crippen LogP contribution in [0, 0.1) is 11.7 Å². The van der Waals surface area contributed by atoms with Crippen LogP contribution in [-0.2, 0) is 14.8 Å². The highest BCUT2D eigenvalue weighted by Gasteiger charge is 2.37. The molecule has 2 atom stereocenters. The Morgan fingerprint density at radius 2 is 2.08 bits per heavy atom. The maximum absolute atomic E-state index is 15.6. The summed E-state index contributed by atoms with van der Waals surface area (Å²) >= 11 is 7.31. The molecule has 4 aromatic rings. The summed E-state index contributed by atoms with van der Waals surface area (Å²) in [7, 11) is -3.68. The molecule has 5 heterocycles. The Morgan fingerprint density at radius 1 is 1.24 bits per heavy atom. The summed E-state index contributed by atoms with van der Waals surface area (Å²) in [5, 5.41) is 7.40. The average Bonchev–Trinajstić information content (AvgIpc) is 3.27. The summed E-state index contributed by atoms with van der Waals surface area (Å²) in [6.07, 6.45) is 8.00. The van der Waals surface area contributed by atoms with Crippen LogP contribution in [0.2, 0.25) is 5.02 Å². The molecule has 2 aliphatic rings. The van der Waals surface area contributed by atoms with Crippen LogP contribution in [0.3, 0.4) is 0 Å². The lowest BCUT2D eigenvalue weighted by Gasteiger charge is -2.24. The van der Waals surface area contributed by atoms with Crippen LogP contribution in [0.5, 0.6) is 0 Å². The second kappa shape index (κ2) is 9.88. The normalized spacial score (nSPS) is 18.5. The van der Waals surface area contributed by atoms with Crippen molar-refractivity contribution in [2.24, 2.45) is 5.92 Å². The lowest BCUT2D eigenvalue weighted by molar-refractivity contribution is 0.0912. The summed E-state index contributed by atoms with van der Waals surface area (Å²) in [6.45, 7) is 0.766. The number of amides is 1. The lowest BCUT2D eigenvalue weighted by Crippen LogP contribution is -2.35. The van der Waals surface area contributed by atoms with Crippen molar-refractivity contribution in [2.75, 3.05) is 17.9 Å². The summed E-state index contributed by atoms with van der Waals surface area (Å²) in [5.41, 5.74) is 1.29. The van der Waals surface area contributed by atoms with Crippen molar-refractivity contribution in [3.8, 4) is 10.4 Å². The van der Waals surface area contributed by atoms with Gasteiger partial charge in [0.25, 0.3) is 5.91 Å². The van der Waals surface area contributed by atoms with Gasteiger partial charge in [0, 0.05) is 41.7 Å². The number of nitrogens with zero attached hydrogens (tertiary/aromatic N) is 4. The molecule has 1 saturated heterocycles. The molecular formula is C24H22ClFN6O4S2. The number of halogens is 2. The molecule has 6 rings (SSSR count). The van der Waals surface area contributed by atoms with Gasteiger partial charge in [-0.05, 0) is 37.5 Å². The zero-order chi connectivity index (χ0) is 26.4. The van der Waals surface area contributed by atoms with Gasteiger partial charge in [-0.25, -0.2) is 22.3 Å². The molecule has 1 amide bonds. The smallest absolute Gasteiger partial charge is 0.280 e. The first-order valence-corrected chi connectivity index (χ1v) is 14.7. The van der Waals surface area contributed by atoms with E-state index < -0.39 is 33.0 Å². The predicted octanol–water partition coefficient (Wildman–Crippen LogP) is 4.06. The molecule has 2 N–H and O–H groups in total. The Kier molecular flexibility index (Phi) is 6.54. The van der Waals surface area contributed by atoms with Gasteiger partial charge < -0.3 is 10.1 Å². The fraction of sp³-hybridized carbons (Fsp3) is 0.333. The molecule has 1 aliphatic carbocycles. The second-order valence-electron chi connectivity index (χ2n) is 9.24. The first-order chi connectivity index (χ1) is 18.3. The van der Waals surface area contributed by atoms with E-state index in [1.165, 1.54) is 23.6 Å². The van der Waals surface area contributed by atoms with E-state index >= 15 is 4.39 Å². The molecule has 1 saturated carbocycles. The number of fused-ring (bicyclic) bond motifs is 1. The molecule has 0 unspecified atom stereocenters. The van der Waals surface area contributed by atoms with Gasteiger partial charge in [0.1, 0.15) is 5.69 Å². The third-order valence-corrected chi connectivity index (χ3v) is 9.72. The zero-order valence-electron chi connectivity index (χ0n) is 19.8. The third-order valence-electron chi connectivity index (χ3n) is 6.60. The number of hydrogen-bond donors (Lipinski definition) is 2. The number of aromatic nitrogens is 4. The van der Waals surface area contributed by atoms with Crippen LogP contribution in [-0.4, -0.2) is 52.4 Å². The first kappa shape index (κ1) is 25.2. The Balaban J connectivity index is 1.28. The van der Waals surface area contributed by atoms with E-state index in [2.05, 4.69) is 25.1 Å². The molecular weight excluding hydrogens is 555 g/mol. The maximum atomic E-state index is 15.6. The Morgan fingerprint density at radius 3 is 2.84 bits per heavy atom. The molecule has 4 aromatic heterocycles. The van der Waals surface area contributed by atoms with Crippen molar-refractivity contribution in [3.63, 3.8) is 0 Å².